The number of carbonyl (C=O) groups excluding carboxylic acids is 1. The van der Waals surface area contributed by atoms with Gasteiger partial charge in [-0.05, 0) is 37.0 Å². The van der Waals surface area contributed by atoms with Gasteiger partial charge in [-0.1, -0.05) is 20.8 Å². The second kappa shape index (κ2) is 7.16. The van der Waals surface area contributed by atoms with E-state index in [2.05, 4.69) is 23.9 Å². The van der Waals surface area contributed by atoms with Crippen LogP contribution in [0.2, 0.25) is 0 Å². The summed E-state index contributed by atoms with van der Waals surface area (Å²) in [6.07, 6.45) is 8.70. The maximum Gasteiger partial charge on any atom is 0.169 e. The minimum Gasteiger partial charge on any atom is -0.294 e. The normalized spacial score (nSPS) is 11.0. The summed E-state index contributed by atoms with van der Waals surface area (Å²) >= 11 is 0. The minimum atomic E-state index is 0.115. The molecule has 0 N–H and O–H groups in total. The lowest BCUT2D eigenvalue weighted by atomic mass is 10.0. The Morgan fingerprint density at radius 1 is 1.24 bits per heavy atom. The molecule has 0 atom stereocenters. The van der Waals surface area contributed by atoms with Gasteiger partial charge >= 0.3 is 0 Å². The van der Waals surface area contributed by atoms with E-state index in [1.54, 1.807) is 18.5 Å². The summed E-state index contributed by atoms with van der Waals surface area (Å²) in [5.41, 5.74) is 2.61. The molecule has 0 spiro atoms. The monoisotopic (exact) mass is 285 g/mol. The third-order valence-corrected chi connectivity index (χ3v) is 3.91. The number of rotatable bonds is 7. The molecule has 2 rings (SSSR count). The molecule has 0 fully saturated rings. The lowest BCUT2D eigenvalue weighted by Gasteiger charge is -2.12. The summed E-state index contributed by atoms with van der Waals surface area (Å²) in [5.74, 6) is 0.115. The first kappa shape index (κ1) is 15.4. The minimum absolute atomic E-state index is 0.115. The van der Waals surface area contributed by atoms with Crippen LogP contribution in [0.3, 0.4) is 0 Å². The lowest BCUT2D eigenvalue weighted by Crippen LogP contribution is -2.10. The summed E-state index contributed by atoms with van der Waals surface area (Å²) in [4.78, 5) is 16.5. The van der Waals surface area contributed by atoms with Gasteiger partial charge < -0.3 is 0 Å². The standard InChI is InChI=1S/C17H23N3O/c1-4-13-12-18-9-7-16(13)17(21)11-14-8-10-20(19-14)15(5-2)6-3/h7-10,12,15H,4-6,11H2,1-3H3. The second-order valence-corrected chi connectivity index (χ2v) is 5.24. The summed E-state index contributed by atoms with van der Waals surface area (Å²) < 4.78 is 1.98. The van der Waals surface area contributed by atoms with Crippen molar-refractivity contribution < 1.29 is 4.79 Å². The summed E-state index contributed by atoms with van der Waals surface area (Å²) in [7, 11) is 0. The van der Waals surface area contributed by atoms with Crippen LogP contribution < -0.4 is 0 Å². The summed E-state index contributed by atoms with van der Waals surface area (Å²) in [5, 5.41) is 4.55. The van der Waals surface area contributed by atoms with E-state index < -0.39 is 0 Å². The van der Waals surface area contributed by atoms with Gasteiger partial charge in [0.25, 0.3) is 0 Å². The molecular weight excluding hydrogens is 262 g/mol. The highest BCUT2D eigenvalue weighted by Crippen LogP contribution is 2.16. The lowest BCUT2D eigenvalue weighted by molar-refractivity contribution is 0.0990. The fraction of sp³-hybridized carbons (Fsp3) is 0.471. The fourth-order valence-corrected chi connectivity index (χ4v) is 2.58. The molecule has 21 heavy (non-hydrogen) atoms. The zero-order valence-corrected chi connectivity index (χ0v) is 13.0. The highest BCUT2D eigenvalue weighted by atomic mass is 16.1. The van der Waals surface area contributed by atoms with E-state index in [-0.39, 0.29) is 5.78 Å². The quantitative estimate of drug-likeness (QED) is 0.730. The van der Waals surface area contributed by atoms with E-state index in [1.165, 1.54) is 0 Å². The number of Topliss-reactive ketones (excluding diaryl/α,β-unsaturated/α-hetero) is 1. The van der Waals surface area contributed by atoms with Gasteiger partial charge in [-0.15, -0.1) is 0 Å². The number of nitrogens with zero attached hydrogens (tertiary/aromatic N) is 3. The zero-order chi connectivity index (χ0) is 15.2. The number of aryl methyl sites for hydroxylation is 1. The molecule has 0 radical (unpaired) electrons. The molecule has 2 aromatic heterocycles. The van der Waals surface area contributed by atoms with E-state index in [9.17, 15) is 4.79 Å². The van der Waals surface area contributed by atoms with Crippen LogP contribution in [-0.2, 0) is 12.8 Å². The molecule has 4 heteroatoms. The van der Waals surface area contributed by atoms with Gasteiger partial charge in [-0.2, -0.15) is 5.10 Å². The summed E-state index contributed by atoms with van der Waals surface area (Å²) in [6, 6.07) is 4.17. The van der Waals surface area contributed by atoms with Crippen LogP contribution >= 0.6 is 0 Å². The largest absolute Gasteiger partial charge is 0.294 e. The van der Waals surface area contributed by atoms with Crippen LogP contribution in [-0.4, -0.2) is 20.5 Å². The van der Waals surface area contributed by atoms with Crippen LogP contribution in [0.25, 0.3) is 0 Å². The first-order valence-corrected chi connectivity index (χ1v) is 7.69. The van der Waals surface area contributed by atoms with Crippen molar-refractivity contribution in [2.45, 2.75) is 52.5 Å². The van der Waals surface area contributed by atoms with E-state index in [0.717, 1.165) is 36.1 Å². The van der Waals surface area contributed by atoms with Crippen molar-refractivity contribution in [3.8, 4) is 0 Å². The van der Waals surface area contributed by atoms with Gasteiger partial charge in [0, 0.05) is 24.2 Å². The molecule has 0 aliphatic rings. The number of pyridine rings is 1. The van der Waals surface area contributed by atoms with Gasteiger partial charge in [0.2, 0.25) is 0 Å². The van der Waals surface area contributed by atoms with Crippen LogP contribution in [0.4, 0.5) is 0 Å². The van der Waals surface area contributed by atoms with Gasteiger partial charge in [0.05, 0.1) is 18.2 Å². The highest BCUT2D eigenvalue weighted by Gasteiger charge is 2.14. The van der Waals surface area contributed by atoms with Gasteiger partial charge in [0.15, 0.2) is 5.78 Å². The number of carbonyl (C=O) groups is 1. The average molecular weight is 285 g/mol. The Labute approximate surface area is 126 Å². The van der Waals surface area contributed by atoms with Crippen molar-refractivity contribution >= 4 is 5.78 Å². The molecule has 0 aliphatic carbocycles. The second-order valence-electron chi connectivity index (χ2n) is 5.24. The Morgan fingerprint density at radius 2 is 2.00 bits per heavy atom. The first-order valence-electron chi connectivity index (χ1n) is 7.69. The predicted molar refractivity (Wildman–Crippen MR) is 83.5 cm³/mol. The van der Waals surface area contributed by atoms with E-state index in [0.29, 0.717) is 12.5 Å². The Hall–Kier alpha value is -1.97. The Kier molecular flexibility index (Phi) is 5.26. The van der Waals surface area contributed by atoms with Gasteiger partial charge in [-0.25, -0.2) is 0 Å². The molecule has 0 saturated carbocycles. The van der Waals surface area contributed by atoms with Crippen LogP contribution in [0.1, 0.15) is 61.3 Å². The van der Waals surface area contributed by atoms with Crippen molar-refractivity contribution in [1.82, 2.24) is 14.8 Å². The molecule has 0 bridgehead atoms. The molecule has 0 amide bonds. The number of aromatic nitrogens is 3. The van der Waals surface area contributed by atoms with E-state index in [1.807, 2.05) is 23.9 Å². The smallest absolute Gasteiger partial charge is 0.169 e. The molecule has 2 aromatic rings. The predicted octanol–water partition coefficient (Wildman–Crippen LogP) is 3.63. The molecule has 112 valence electrons. The van der Waals surface area contributed by atoms with Crippen molar-refractivity contribution in [3.63, 3.8) is 0 Å². The first-order chi connectivity index (χ1) is 10.2. The molecule has 2 heterocycles. The van der Waals surface area contributed by atoms with Crippen molar-refractivity contribution in [3.05, 3.63) is 47.5 Å². The van der Waals surface area contributed by atoms with Crippen LogP contribution in [0.5, 0.6) is 0 Å². The van der Waals surface area contributed by atoms with Crippen molar-refractivity contribution in [1.29, 1.82) is 0 Å². The third kappa shape index (κ3) is 3.57. The SMILES string of the molecule is CCc1cnccc1C(=O)Cc1ccn(C(CC)CC)n1. The fourth-order valence-electron chi connectivity index (χ4n) is 2.58. The van der Waals surface area contributed by atoms with E-state index >= 15 is 0 Å². The molecule has 0 unspecified atom stereocenters. The van der Waals surface area contributed by atoms with Gasteiger partial charge in [0.1, 0.15) is 0 Å². The number of ketones is 1. The maximum atomic E-state index is 12.4. The maximum absolute atomic E-state index is 12.4. The Balaban J connectivity index is 2.13. The topological polar surface area (TPSA) is 47.8 Å². The van der Waals surface area contributed by atoms with Crippen LogP contribution in [0, 0.1) is 0 Å². The highest BCUT2D eigenvalue weighted by molar-refractivity contribution is 5.98. The number of hydrogen-bond donors (Lipinski definition) is 0. The van der Waals surface area contributed by atoms with Crippen molar-refractivity contribution in [2.24, 2.45) is 0 Å². The molecule has 0 aromatic carbocycles. The van der Waals surface area contributed by atoms with E-state index in [4.69, 9.17) is 0 Å². The average Bonchev–Trinajstić information content (AvgIpc) is 2.96. The summed E-state index contributed by atoms with van der Waals surface area (Å²) in [6.45, 7) is 6.35. The molecule has 4 nitrogen and oxygen atoms in total. The van der Waals surface area contributed by atoms with Gasteiger partial charge in [-0.3, -0.25) is 14.5 Å². The third-order valence-electron chi connectivity index (χ3n) is 3.91. The van der Waals surface area contributed by atoms with Crippen molar-refractivity contribution in [2.75, 3.05) is 0 Å². The van der Waals surface area contributed by atoms with Crippen LogP contribution in [0.15, 0.2) is 30.7 Å². The molecule has 0 aliphatic heterocycles. The zero-order valence-electron chi connectivity index (χ0n) is 13.0. The molecule has 0 saturated heterocycles. The number of hydrogen-bond acceptors (Lipinski definition) is 3. The Bertz CT molecular complexity index is 600. The Morgan fingerprint density at radius 3 is 2.67 bits per heavy atom. The molecular formula is C17H23N3O.